The Balaban J connectivity index is 1.58. The summed E-state index contributed by atoms with van der Waals surface area (Å²) in [6.45, 7) is 2.58. The van der Waals surface area contributed by atoms with Crippen molar-refractivity contribution < 1.29 is 27.0 Å². The highest BCUT2D eigenvalue weighted by atomic mass is 19.4. The molecule has 0 aliphatic carbocycles. The average molecular weight is 494 g/mol. The lowest BCUT2D eigenvalue weighted by molar-refractivity contribution is -0.176. The fourth-order valence-electron chi connectivity index (χ4n) is 3.74. The van der Waals surface area contributed by atoms with Crippen LogP contribution in [0.2, 0.25) is 0 Å². The molecule has 1 unspecified atom stereocenters. The van der Waals surface area contributed by atoms with Gasteiger partial charge in [0.2, 0.25) is 5.95 Å². The zero-order valence-electron chi connectivity index (χ0n) is 19.5. The number of rotatable bonds is 9. The fraction of sp³-hybridized carbons (Fsp3) is 0.435. The SMILES string of the molecule is COc1cc(Nc2nc(COCC(F)(F)F)cc(C(C)N3CC(F)C3)n2)ccc1-n1cnc(C)c1. The van der Waals surface area contributed by atoms with Crippen molar-refractivity contribution in [1.82, 2.24) is 24.4 Å². The van der Waals surface area contributed by atoms with Crippen LogP contribution >= 0.6 is 0 Å². The zero-order valence-corrected chi connectivity index (χ0v) is 19.5. The van der Waals surface area contributed by atoms with E-state index >= 15 is 0 Å². The Morgan fingerprint density at radius 2 is 1.97 bits per heavy atom. The number of hydrogen-bond donors (Lipinski definition) is 1. The molecular weight excluding hydrogens is 468 g/mol. The molecule has 8 nitrogen and oxygen atoms in total. The van der Waals surface area contributed by atoms with E-state index in [1.54, 1.807) is 31.6 Å². The molecule has 0 amide bonds. The van der Waals surface area contributed by atoms with Gasteiger partial charge >= 0.3 is 6.18 Å². The molecule has 2 aromatic heterocycles. The summed E-state index contributed by atoms with van der Waals surface area (Å²) in [5.74, 6) is 0.755. The second kappa shape index (κ2) is 10.2. The predicted octanol–water partition coefficient (Wildman–Crippen LogP) is 4.52. The van der Waals surface area contributed by atoms with Crippen molar-refractivity contribution in [3.05, 3.63) is 53.9 Å². The number of likely N-dealkylation sites (tertiary alicyclic amines) is 1. The highest BCUT2D eigenvalue weighted by molar-refractivity contribution is 5.62. The van der Waals surface area contributed by atoms with Crippen LogP contribution < -0.4 is 10.1 Å². The first-order chi connectivity index (χ1) is 16.6. The molecule has 188 valence electrons. The van der Waals surface area contributed by atoms with Crippen LogP contribution in [0.25, 0.3) is 5.69 Å². The van der Waals surface area contributed by atoms with Crippen LogP contribution in [0.4, 0.5) is 29.2 Å². The number of ether oxygens (including phenoxy) is 2. The molecule has 12 heteroatoms. The Bertz CT molecular complexity index is 1160. The van der Waals surface area contributed by atoms with Crippen LogP contribution in [0.15, 0.2) is 36.8 Å². The number of halogens is 4. The molecular formula is C23H26F4N6O2. The zero-order chi connectivity index (χ0) is 25.2. The maximum Gasteiger partial charge on any atom is 0.411 e. The summed E-state index contributed by atoms with van der Waals surface area (Å²) in [5.41, 5.74) is 3.08. The Labute approximate surface area is 199 Å². The van der Waals surface area contributed by atoms with Gasteiger partial charge in [-0.15, -0.1) is 0 Å². The van der Waals surface area contributed by atoms with Gasteiger partial charge in [-0.1, -0.05) is 0 Å². The molecule has 0 bridgehead atoms. The van der Waals surface area contributed by atoms with Gasteiger partial charge in [-0.2, -0.15) is 13.2 Å². The van der Waals surface area contributed by atoms with Gasteiger partial charge in [0.05, 0.1) is 42.8 Å². The topological polar surface area (TPSA) is 77.3 Å². The lowest BCUT2D eigenvalue weighted by Crippen LogP contribution is -2.49. The number of aromatic nitrogens is 4. The van der Waals surface area contributed by atoms with Crippen LogP contribution in [-0.2, 0) is 11.3 Å². The molecule has 3 aromatic rings. The minimum Gasteiger partial charge on any atom is -0.494 e. The first-order valence-electron chi connectivity index (χ1n) is 11.0. The Kier molecular flexibility index (Phi) is 7.22. The Hall–Kier alpha value is -3.25. The number of nitrogens with one attached hydrogen (secondary N) is 1. The molecule has 1 aromatic carbocycles. The Morgan fingerprint density at radius 3 is 2.60 bits per heavy atom. The summed E-state index contributed by atoms with van der Waals surface area (Å²) in [4.78, 5) is 15.0. The van der Waals surface area contributed by atoms with Gasteiger partial charge in [0.25, 0.3) is 0 Å². The van der Waals surface area contributed by atoms with Crippen molar-refractivity contribution in [3.63, 3.8) is 0 Å². The molecule has 1 saturated heterocycles. The van der Waals surface area contributed by atoms with E-state index in [1.807, 2.05) is 35.6 Å². The van der Waals surface area contributed by atoms with E-state index in [0.29, 0.717) is 17.1 Å². The molecule has 0 radical (unpaired) electrons. The summed E-state index contributed by atoms with van der Waals surface area (Å²) in [7, 11) is 1.55. The van der Waals surface area contributed by atoms with Crippen molar-refractivity contribution in [2.45, 2.75) is 38.8 Å². The third-order valence-corrected chi connectivity index (χ3v) is 5.58. The molecule has 0 saturated carbocycles. The maximum atomic E-state index is 13.4. The lowest BCUT2D eigenvalue weighted by Gasteiger charge is -2.38. The molecule has 4 rings (SSSR count). The maximum absolute atomic E-state index is 13.4. The minimum atomic E-state index is -4.44. The van der Waals surface area contributed by atoms with Crippen molar-refractivity contribution in [2.24, 2.45) is 0 Å². The molecule has 1 aliphatic rings. The monoisotopic (exact) mass is 494 g/mol. The standard InChI is InChI=1S/C23H26F4N6O2/c1-14-8-33(13-28-14)20-5-4-17(7-21(20)34-3)29-22-30-18(11-35-12-23(25,26)27)6-19(31-22)15(2)32-9-16(24)10-32/h4-8,13,15-16H,9-12H2,1-3H3,(H,29,30,31). The fourth-order valence-corrected chi connectivity index (χ4v) is 3.74. The summed E-state index contributed by atoms with van der Waals surface area (Å²) in [6, 6.07) is 6.74. The number of hydrogen-bond acceptors (Lipinski definition) is 7. The van der Waals surface area contributed by atoms with Crippen LogP contribution in [0.3, 0.4) is 0 Å². The van der Waals surface area contributed by atoms with Gasteiger partial charge < -0.3 is 19.4 Å². The van der Waals surface area contributed by atoms with Crippen LogP contribution in [0, 0.1) is 6.92 Å². The van der Waals surface area contributed by atoms with Crippen molar-refractivity contribution in [2.75, 3.05) is 32.1 Å². The first kappa shape index (κ1) is 24.9. The molecule has 35 heavy (non-hydrogen) atoms. The van der Waals surface area contributed by atoms with Gasteiger partial charge in [0.1, 0.15) is 18.5 Å². The molecule has 3 heterocycles. The molecule has 1 N–H and O–H groups in total. The number of alkyl halides is 4. The van der Waals surface area contributed by atoms with E-state index in [1.165, 1.54) is 0 Å². The first-order valence-corrected chi connectivity index (χ1v) is 11.0. The van der Waals surface area contributed by atoms with Gasteiger partial charge in [-0.3, -0.25) is 4.90 Å². The number of nitrogens with zero attached hydrogens (tertiary/aromatic N) is 5. The van der Waals surface area contributed by atoms with Crippen LogP contribution in [0.1, 0.15) is 30.0 Å². The van der Waals surface area contributed by atoms with Crippen LogP contribution in [-0.4, -0.2) is 63.6 Å². The van der Waals surface area contributed by atoms with Crippen molar-refractivity contribution >= 4 is 11.6 Å². The molecule has 1 fully saturated rings. The van der Waals surface area contributed by atoms with Crippen molar-refractivity contribution in [1.29, 1.82) is 0 Å². The second-order valence-corrected chi connectivity index (χ2v) is 8.38. The summed E-state index contributed by atoms with van der Waals surface area (Å²) in [6.07, 6.45) is -1.79. The number of methoxy groups -OCH3 is 1. The van der Waals surface area contributed by atoms with E-state index in [4.69, 9.17) is 9.47 Å². The summed E-state index contributed by atoms with van der Waals surface area (Å²) >= 11 is 0. The third kappa shape index (κ3) is 6.25. The lowest BCUT2D eigenvalue weighted by atomic mass is 10.1. The van der Waals surface area contributed by atoms with E-state index in [0.717, 1.165) is 11.4 Å². The Morgan fingerprint density at radius 1 is 1.20 bits per heavy atom. The van der Waals surface area contributed by atoms with E-state index < -0.39 is 19.0 Å². The van der Waals surface area contributed by atoms with Gasteiger partial charge in [-0.05, 0) is 32.0 Å². The van der Waals surface area contributed by atoms with Gasteiger partial charge in [0, 0.05) is 37.1 Å². The largest absolute Gasteiger partial charge is 0.494 e. The number of imidazole rings is 1. The second-order valence-electron chi connectivity index (χ2n) is 8.38. The minimum absolute atomic E-state index is 0.186. The van der Waals surface area contributed by atoms with E-state index in [2.05, 4.69) is 20.3 Å². The van der Waals surface area contributed by atoms with Crippen LogP contribution in [0.5, 0.6) is 5.75 Å². The van der Waals surface area contributed by atoms with Crippen molar-refractivity contribution in [3.8, 4) is 11.4 Å². The predicted molar refractivity (Wildman–Crippen MR) is 121 cm³/mol. The van der Waals surface area contributed by atoms with Gasteiger partial charge in [0.15, 0.2) is 0 Å². The van der Waals surface area contributed by atoms with E-state index in [-0.39, 0.29) is 37.4 Å². The number of anilines is 2. The third-order valence-electron chi connectivity index (χ3n) is 5.58. The highest BCUT2D eigenvalue weighted by Gasteiger charge is 2.32. The quantitative estimate of drug-likeness (QED) is 0.439. The smallest absolute Gasteiger partial charge is 0.411 e. The highest BCUT2D eigenvalue weighted by Crippen LogP contribution is 2.30. The summed E-state index contributed by atoms with van der Waals surface area (Å²) in [5, 5.41) is 3.09. The molecule has 1 atom stereocenters. The van der Waals surface area contributed by atoms with E-state index in [9.17, 15) is 17.6 Å². The number of aryl methyl sites for hydroxylation is 1. The van der Waals surface area contributed by atoms with Gasteiger partial charge in [-0.25, -0.2) is 19.3 Å². The molecule has 0 spiro atoms. The normalized spacial score (nSPS) is 15.6. The number of benzene rings is 1. The average Bonchev–Trinajstić information content (AvgIpc) is 3.21. The molecule has 1 aliphatic heterocycles. The summed E-state index contributed by atoms with van der Waals surface area (Å²) < 4.78 is 63.1.